The molecule has 0 spiro atoms. The highest BCUT2D eigenvalue weighted by atomic mass is 16.3. The normalized spacial score (nSPS) is 32.4. The summed E-state index contributed by atoms with van der Waals surface area (Å²) in [5.74, 6) is 4.09. The molecule has 1 N–H and O–H groups in total. The molecule has 4 nitrogen and oxygen atoms in total. The quantitative estimate of drug-likeness (QED) is 0.917. The van der Waals surface area contributed by atoms with Gasteiger partial charge in [0.15, 0.2) is 0 Å². The standard InChI is InChI=1S/C16H24N2O2/c1-10-6-13(10)15-5-4-12(20-15)9-18(3)16(19)14-8-17-7-11(14)2/h4-5,10-11,13-14,17H,6-9H2,1-3H3/t10?,11-,13?,14-/m1/s1. The van der Waals surface area contributed by atoms with Gasteiger partial charge in [-0.1, -0.05) is 13.8 Å². The van der Waals surface area contributed by atoms with E-state index in [1.807, 2.05) is 13.1 Å². The number of rotatable bonds is 4. The van der Waals surface area contributed by atoms with Crippen molar-refractivity contribution in [2.45, 2.75) is 32.7 Å². The average molecular weight is 276 g/mol. The molecule has 1 saturated heterocycles. The van der Waals surface area contributed by atoms with Crippen LogP contribution < -0.4 is 5.32 Å². The Balaban J connectivity index is 1.59. The lowest BCUT2D eigenvalue weighted by atomic mass is 9.97. The molecule has 1 amide bonds. The number of carbonyl (C=O) groups excluding carboxylic acids is 1. The average Bonchev–Trinajstić information content (AvgIpc) is 2.81. The monoisotopic (exact) mass is 276 g/mol. The summed E-state index contributed by atoms with van der Waals surface area (Å²) in [5, 5.41) is 3.28. The van der Waals surface area contributed by atoms with Crippen LogP contribution in [0.15, 0.2) is 16.5 Å². The number of hydrogen-bond donors (Lipinski definition) is 1. The first-order valence-corrected chi connectivity index (χ1v) is 7.60. The lowest BCUT2D eigenvalue weighted by molar-refractivity contribution is -0.135. The Bertz CT molecular complexity index is 496. The van der Waals surface area contributed by atoms with Crippen molar-refractivity contribution in [2.24, 2.45) is 17.8 Å². The molecule has 1 aliphatic carbocycles. The number of carbonyl (C=O) groups is 1. The Morgan fingerprint density at radius 2 is 2.10 bits per heavy atom. The first-order valence-electron chi connectivity index (χ1n) is 7.60. The molecule has 0 aromatic carbocycles. The van der Waals surface area contributed by atoms with Gasteiger partial charge in [-0.15, -0.1) is 0 Å². The minimum Gasteiger partial charge on any atom is -0.464 e. The van der Waals surface area contributed by atoms with Crippen LogP contribution in [-0.4, -0.2) is 30.9 Å². The molecule has 2 fully saturated rings. The van der Waals surface area contributed by atoms with Gasteiger partial charge in [-0.3, -0.25) is 4.79 Å². The Morgan fingerprint density at radius 1 is 1.35 bits per heavy atom. The van der Waals surface area contributed by atoms with Crippen LogP contribution in [0.2, 0.25) is 0 Å². The molecule has 2 unspecified atom stereocenters. The fourth-order valence-corrected chi connectivity index (χ4v) is 3.13. The molecule has 2 heterocycles. The van der Waals surface area contributed by atoms with Crippen LogP contribution in [0, 0.1) is 17.8 Å². The van der Waals surface area contributed by atoms with E-state index >= 15 is 0 Å². The van der Waals surface area contributed by atoms with Crippen molar-refractivity contribution in [3.63, 3.8) is 0 Å². The van der Waals surface area contributed by atoms with Gasteiger partial charge in [-0.2, -0.15) is 0 Å². The summed E-state index contributed by atoms with van der Waals surface area (Å²) < 4.78 is 5.88. The predicted molar refractivity (Wildman–Crippen MR) is 77.2 cm³/mol. The molecule has 1 aromatic heterocycles. The van der Waals surface area contributed by atoms with Crippen LogP contribution in [0.5, 0.6) is 0 Å². The second-order valence-electron chi connectivity index (χ2n) is 6.56. The highest BCUT2D eigenvalue weighted by Crippen LogP contribution is 2.47. The van der Waals surface area contributed by atoms with Crippen LogP contribution in [0.3, 0.4) is 0 Å². The molecule has 0 bridgehead atoms. The fourth-order valence-electron chi connectivity index (χ4n) is 3.13. The molecule has 110 valence electrons. The molecule has 2 aliphatic rings. The summed E-state index contributed by atoms with van der Waals surface area (Å²) >= 11 is 0. The summed E-state index contributed by atoms with van der Waals surface area (Å²) in [6.07, 6.45) is 1.23. The minimum atomic E-state index is 0.109. The van der Waals surface area contributed by atoms with Crippen molar-refractivity contribution in [1.29, 1.82) is 0 Å². The van der Waals surface area contributed by atoms with Gasteiger partial charge < -0.3 is 14.6 Å². The number of furan rings is 1. The molecule has 20 heavy (non-hydrogen) atoms. The summed E-state index contributed by atoms with van der Waals surface area (Å²) in [6, 6.07) is 4.09. The first kappa shape index (κ1) is 13.7. The molecular weight excluding hydrogens is 252 g/mol. The van der Waals surface area contributed by atoms with Gasteiger partial charge in [0, 0.05) is 19.5 Å². The van der Waals surface area contributed by atoms with E-state index in [1.54, 1.807) is 4.90 Å². The lowest BCUT2D eigenvalue weighted by Gasteiger charge is -2.22. The zero-order valence-electron chi connectivity index (χ0n) is 12.6. The third-order valence-corrected chi connectivity index (χ3v) is 4.76. The van der Waals surface area contributed by atoms with Gasteiger partial charge in [0.05, 0.1) is 12.5 Å². The Morgan fingerprint density at radius 3 is 2.70 bits per heavy atom. The van der Waals surface area contributed by atoms with Gasteiger partial charge >= 0.3 is 0 Å². The molecule has 3 rings (SSSR count). The van der Waals surface area contributed by atoms with E-state index in [1.165, 1.54) is 6.42 Å². The minimum absolute atomic E-state index is 0.109. The van der Waals surface area contributed by atoms with Crippen LogP contribution in [-0.2, 0) is 11.3 Å². The first-order chi connectivity index (χ1) is 9.56. The second kappa shape index (κ2) is 5.24. The third kappa shape index (κ3) is 2.62. The SMILES string of the molecule is CC1CC1c1ccc(CN(C)C(=O)[C@@H]2CNC[C@H]2C)o1. The van der Waals surface area contributed by atoms with E-state index in [4.69, 9.17) is 4.42 Å². The van der Waals surface area contributed by atoms with Gasteiger partial charge in [0.1, 0.15) is 11.5 Å². The maximum absolute atomic E-state index is 12.4. The summed E-state index contributed by atoms with van der Waals surface area (Å²) in [5.41, 5.74) is 0. The van der Waals surface area contributed by atoms with Crippen molar-refractivity contribution < 1.29 is 9.21 Å². The number of nitrogens with zero attached hydrogens (tertiary/aromatic N) is 1. The lowest BCUT2D eigenvalue weighted by Crippen LogP contribution is -2.35. The van der Waals surface area contributed by atoms with Crippen molar-refractivity contribution >= 4 is 5.91 Å². The number of hydrogen-bond acceptors (Lipinski definition) is 3. The maximum Gasteiger partial charge on any atom is 0.227 e. The van der Waals surface area contributed by atoms with Crippen LogP contribution in [0.25, 0.3) is 0 Å². The van der Waals surface area contributed by atoms with E-state index in [2.05, 4.69) is 25.2 Å². The smallest absolute Gasteiger partial charge is 0.227 e. The Kier molecular flexibility index (Phi) is 3.59. The fraction of sp³-hybridized carbons (Fsp3) is 0.688. The summed E-state index contributed by atoms with van der Waals surface area (Å²) in [7, 11) is 1.87. The molecule has 0 radical (unpaired) electrons. The second-order valence-corrected chi connectivity index (χ2v) is 6.56. The maximum atomic E-state index is 12.4. The molecule has 1 aliphatic heterocycles. The van der Waals surface area contributed by atoms with Crippen molar-refractivity contribution in [3.8, 4) is 0 Å². The van der Waals surface area contributed by atoms with Gasteiger partial charge in [-0.05, 0) is 36.9 Å². The highest BCUT2D eigenvalue weighted by Gasteiger charge is 2.37. The topological polar surface area (TPSA) is 45.5 Å². The molecule has 1 saturated carbocycles. The predicted octanol–water partition coefficient (Wildman–Crippen LogP) is 2.22. The Labute approximate surface area is 120 Å². The molecule has 1 aromatic rings. The summed E-state index contributed by atoms with van der Waals surface area (Å²) in [6.45, 7) is 6.69. The molecule has 4 heteroatoms. The zero-order valence-corrected chi connectivity index (χ0v) is 12.6. The number of amides is 1. The van der Waals surface area contributed by atoms with E-state index in [9.17, 15) is 4.79 Å². The van der Waals surface area contributed by atoms with Crippen molar-refractivity contribution in [1.82, 2.24) is 10.2 Å². The van der Waals surface area contributed by atoms with Gasteiger partial charge in [0.2, 0.25) is 5.91 Å². The Hall–Kier alpha value is -1.29. The van der Waals surface area contributed by atoms with Gasteiger partial charge in [-0.25, -0.2) is 0 Å². The van der Waals surface area contributed by atoms with Crippen LogP contribution in [0.1, 0.15) is 37.7 Å². The van der Waals surface area contributed by atoms with E-state index in [-0.39, 0.29) is 11.8 Å². The largest absolute Gasteiger partial charge is 0.464 e. The van der Waals surface area contributed by atoms with E-state index in [0.717, 1.165) is 30.5 Å². The van der Waals surface area contributed by atoms with E-state index < -0.39 is 0 Å². The van der Waals surface area contributed by atoms with Gasteiger partial charge in [0.25, 0.3) is 0 Å². The van der Waals surface area contributed by atoms with Crippen molar-refractivity contribution in [2.75, 3.05) is 20.1 Å². The highest BCUT2D eigenvalue weighted by molar-refractivity contribution is 5.79. The zero-order chi connectivity index (χ0) is 14.3. The van der Waals surface area contributed by atoms with Crippen molar-refractivity contribution in [3.05, 3.63) is 23.7 Å². The third-order valence-electron chi connectivity index (χ3n) is 4.76. The van der Waals surface area contributed by atoms with E-state index in [0.29, 0.717) is 18.4 Å². The number of nitrogens with one attached hydrogen (secondary N) is 1. The van der Waals surface area contributed by atoms with Crippen LogP contribution in [0.4, 0.5) is 0 Å². The van der Waals surface area contributed by atoms with Crippen LogP contribution >= 0.6 is 0 Å². The molecular formula is C16H24N2O2. The summed E-state index contributed by atoms with van der Waals surface area (Å²) in [4.78, 5) is 14.2. The molecule has 4 atom stereocenters.